The number of hydrogen-bond donors (Lipinski definition) is 2. The molecule has 112 valence electrons. The molecule has 0 atom stereocenters. The molecule has 2 N–H and O–H groups in total. The highest BCUT2D eigenvalue weighted by Crippen LogP contribution is 2.32. The molecule has 0 fully saturated rings. The molecule has 0 bridgehead atoms. The summed E-state index contributed by atoms with van der Waals surface area (Å²) in [5.41, 5.74) is 0.545. The van der Waals surface area contributed by atoms with Crippen LogP contribution in [0.15, 0.2) is 32.9 Å². The van der Waals surface area contributed by atoms with Gasteiger partial charge in [-0.05, 0) is 36.1 Å². The number of aryl methyl sites for hydroxylation is 1. The zero-order chi connectivity index (χ0) is 15.8. The third-order valence-electron chi connectivity index (χ3n) is 2.55. The molecule has 0 amide bonds. The highest BCUT2D eigenvalue weighted by atomic mass is 79.9. The number of halogens is 2. The number of nitrogens with one attached hydrogen (secondary N) is 1. The molecule has 0 unspecified atom stereocenters. The fourth-order valence-electron chi connectivity index (χ4n) is 1.69. The van der Waals surface area contributed by atoms with E-state index in [2.05, 4.69) is 20.7 Å². The molecule has 9 heteroatoms. The van der Waals surface area contributed by atoms with Gasteiger partial charge < -0.3 is 5.11 Å². The summed E-state index contributed by atoms with van der Waals surface area (Å²) < 4.78 is 27.8. The van der Waals surface area contributed by atoms with Crippen LogP contribution in [-0.2, 0) is 10.0 Å². The van der Waals surface area contributed by atoms with Crippen LogP contribution in [-0.4, -0.2) is 19.5 Å². The van der Waals surface area contributed by atoms with Gasteiger partial charge in [0.1, 0.15) is 9.77 Å². The Kier molecular flexibility index (Phi) is 4.62. The van der Waals surface area contributed by atoms with Crippen LogP contribution in [0.1, 0.15) is 15.2 Å². The number of carbonyl (C=O) groups is 1. The monoisotopic (exact) mass is 409 g/mol. The molecule has 21 heavy (non-hydrogen) atoms. The van der Waals surface area contributed by atoms with Crippen LogP contribution >= 0.6 is 38.9 Å². The van der Waals surface area contributed by atoms with Gasteiger partial charge in [0.25, 0.3) is 10.0 Å². The van der Waals surface area contributed by atoms with Gasteiger partial charge in [-0.3, -0.25) is 4.72 Å². The molecule has 0 radical (unpaired) electrons. The number of carboxylic acid groups (broad SMARTS) is 1. The Hall–Kier alpha value is -1.09. The van der Waals surface area contributed by atoms with Crippen molar-refractivity contribution < 1.29 is 18.3 Å². The van der Waals surface area contributed by atoms with E-state index in [1.54, 1.807) is 13.0 Å². The second-order valence-electron chi connectivity index (χ2n) is 4.11. The van der Waals surface area contributed by atoms with Crippen LogP contribution in [0, 0.1) is 6.92 Å². The lowest BCUT2D eigenvalue weighted by atomic mass is 10.3. The Bertz CT molecular complexity index is 817. The Balaban J connectivity index is 2.51. The van der Waals surface area contributed by atoms with Crippen molar-refractivity contribution in [1.82, 2.24) is 0 Å². The van der Waals surface area contributed by atoms with E-state index in [9.17, 15) is 13.2 Å². The largest absolute Gasteiger partial charge is 0.477 e. The van der Waals surface area contributed by atoms with E-state index in [1.807, 2.05) is 0 Å². The van der Waals surface area contributed by atoms with Gasteiger partial charge in [-0.1, -0.05) is 27.5 Å². The Morgan fingerprint density at radius 3 is 2.71 bits per heavy atom. The normalized spacial score (nSPS) is 11.4. The van der Waals surface area contributed by atoms with E-state index in [0.29, 0.717) is 10.0 Å². The third-order valence-corrected chi connectivity index (χ3v) is 6.14. The quantitative estimate of drug-likeness (QED) is 0.799. The summed E-state index contributed by atoms with van der Waals surface area (Å²) in [5, 5.41) is 10.8. The fraction of sp³-hybridized carbons (Fsp3) is 0.0833. The van der Waals surface area contributed by atoms with E-state index >= 15 is 0 Å². The summed E-state index contributed by atoms with van der Waals surface area (Å²) in [6, 6.07) is 4.70. The van der Waals surface area contributed by atoms with Crippen molar-refractivity contribution in [2.75, 3.05) is 4.72 Å². The molecule has 2 aromatic rings. The number of rotatable bonds is 4. The highest BCUT2D eigenvalue weighted by molar-refractivity contribution is 9.10. The van der Waals surface area contributed by atoms with Gasteiger partial charge in [0.2, 0.25) is 0 Å². The Labute approximate surface area is 138 Å². The number of hydrogen-bond acceptors (Lipinski definition) is 4. The first kappa shape index (κ1) is 16.3. The van der Waals surface area contributed by atoms with Gasteiger partial charge in [-0.2, -0.15) is 0 Å². The van der Waals surface area contributed by atoms with Crippen LogP contribution in [0.5, 0.6) is 0 Å². The molecule has 1 heterocycles. The van der Waals surface area contributed by atoms with Crippen molar-refractivity contribution in [2.24, 2.45) is 0 Å². The van der Waals surface area contributed by atoms with E-state index in [4.69, 9.17) is 16.7 Å². The van der Waals surface area contributed by atoms with Crippen LogP contribution in [0.4, 0.5) is 5.69 Å². The first-order valence-electron chi connectivity index (χ1n) is 5.51. The van der Waals surface area contributed by atoms with Crippen molar-refractivity contribution in [3.05, 3.63) is 43.5 Å². The number of benzene rings is 1. The number of anilines is 1. The molecule has 0 spiro atoms. The maximum Gasteiger partial charge on any atom is 0.347 e. The summed E-state index contributed by atoms with van der Waals surface area (Å²) in [6.45, 7) is 1.54. The van der Waals surface area contributed by atoms with Crippen LogP contribution in [0.25, 0.3) is 0 Å². The maximum absolute atomic E-state index is 12.4. The molecule has 5 nitrogen and oxygen atoms in total. The minimum atomic E-state index is -4.04. The summed E-state index contributed by atoms with van der Waals surface area (Å²) >= 11 is 10.0. The summed E-state index contributed by atoms with van der Waals surface area (Å²) in [4.78, 5) is 10.7. The lowest BCUT2D eigenvalue weighted by Gasteiger charge is -2.10. The Morgan fingerprint density at radius 1 is 1.43 bits per heavy atom. The predicted molar refractivity (Wildman–Crippen MR) is 86.0 cm³/mol. The Morgan fingerprint density at radius 2 is 2.10 bits per heavy atom. The molecular weight excluding hydrogens is 402 g/mol. The van der Waals surface area contributed by atoms with Gasteiger partial charge in [0.05, 0.1) is 10.7 Å². The van der Waals surface area contributed by atoms with Crippen LogP contribution < -0.4 is 4.72 Å². The van der Waals surface area contributed by atoms with Crippen LogP contribution in [0.2, 0.25) is 5.02 Å². The number of thiophene rings is 1. The van der Waals surface area contributed by atoms with Crippen molar-refractivity contribution >= 4 is 60.5 Å². The summed E-state index contributed by atoms with van der Waals surface area (Å²) in [5.74, 6) is -1.28. The van der Waals surface area contributed by atoms with Gasteiger partial charge in [0.15, 0.2) is 0 Å². The third kappa shape index (κ3) is 3.39. The van der Waals surface area contributed by atoms with E-state index in [0.717, 1.165) is 11.3 Å². The molecule has 0 aliphatic heterocycles. The smallest absolute Gasteiger partial charge is 0.347 e. The molecule has 0 aliphatic carbocycles. The zero-order valence-electron chi connectivity index (χ0n) is 10.6. The van der Waals surface area contributed by atoms with Crippen molar-refractivity contribution in [3.63, 3.8) is 0 Å². The van der Waals surface area contributed by atoms with E-state index in [1.165, 1.54) is 17.5 Å². The van der Waals surface area contributed by atoms with Gasteiger partial charge in [0, 0.05) is 4.47 Å². The van der Waals surface area contributed by atoms with Crippen molar-refractivity contribution in [3.8, 4) is 0 Å². The maximum atomic E-state index is 12.4. The lowest BCUT2D eigenvalue weighted by molar-refractivity contribution is 0.0698. The summed E-state index contributed by atoms with van der Waals surface area (Å²) in [7, 11) is -4.04. The molecule has 1 aromatic carbocycles. The highest BCUT2D eigenvalue weighted by Gasteiger charge is 2.27. The number of sulfonamides is 1. The minimum absolute atomic E-state index is 0.174. The van der Waals surface area contributed by atoms with Crippen molar-refractivity contribution in [2.45, 2.75) is 11.8 Å². The fourth-order valence-corrected chi connectivity index (χ4v) is 4.97. The molecule has 0 aliphatic rings. The second-order valence-corrected chi connectivity index (χ2v) is 7.93. The molecule has 0 saturated heterocycles. The molecular formula is C12H9BrClNO4S2. The summed E-state index contributed by atoms with van der Waals surface area (Å²) in [6.07, 6.45) is 0. The van der Waals surface area contributed by atoms with Gasteiger partial charge in [-0.25, -0.2) is 13.2 Å². The van der Waals surface area contributed by atoms with Gasteiger partial charge >= 0.3 is 5.97 Å². The zero-order valence-corrected chi connectivity index (χ0v) is 14.5. The predicted octanol–water partition coefficient (Wildman–Crippen LogP) is 3.97. The lowest BCUT2D eigenvalue weighted by Crippen LogP contribution is -2.16. The molecule has 1 aromatic heterocycles. The number of carboxylic acids is 1. The van der Waals surface area contributed by atoms with Crippen molar-refractivity contribution in [1.29, 1.82) is 0 Å². The average molecular weight is 411 g/mol. The first-order valence-corrected chi connectivity index (χ1v) is 9.05. The standard InChI is InChI=1S/C12H9BrClNO4S2/c1-6-5-20-10(12(16)17)11(6)21(18,19)15-9-4-7(13)2-3-8(9)14/h2-5,15H,1H3,(H,16,17). The molecule has 2 rings (SSSR count). The topological polar surface area (TPSA) is 83.5 Å². The van der Waals surface area contributed by atoms with E-state index in [-0.39, 0.29) is 20.5 Å². The SMILES string of the molecule is Cc1csc(C(=O)O)c1S(=O)(=O)Nc1cc(Br)ccc1Cl. The van der Waals surface area contributed by atoms with E-state index < -0.39 is 16.0 Å². The first-order chi connectivity index (χ1) is 9.72. The van der Waals surface area contributed by atoms with Gasteiger partial charge in [-0.15, -0.1) is 11.3 Å². The molecule has 0 saturated carbocycles. The average Bonchev–Trinajstić information content (AvgIpc) is 2.76. The minimum Gasteiger partial charge on any atom is -0.477 e. The van der Waals surface area contributed by atoms with Crippen LogP contribution in [0.3, 0.4) is 0 Å². The number of aromatic carboxylic acids is 1. The second kappa shape index (κ2) is 5.96.